The molecule has 10 heteroatoms. The summed E-state index contributed by atoms with van der Waals surface area (Å²) in [6.07, 6.45) is 4.85. The summed E-state index contributed by atoms with van der Waals surface area (Å²) in [4.78, 5) is 23.9. The Morgan fingerprint density at radius 3 is 2.70 bits per heavy atom. The smallest absolute Gasteiger partial charge is 0.354 e. The number of pyridine rings is 1. The van der Waals surface area contributed by atoms with Gasteiger partial charge in [0.1, 0.15) is 22.8 Å². The lowest BCUT2D eigenvalue weighted by molar-refractivity contribution is 0.0690. The summed E-state index contributed by atoms with van der Waals surface area (Å²) in [6.45, 7) is 6.16. The van der Waals surface area contributed by atoms with E-state index in [1.54, 1.807) is 18.5 Å². The molecule has 1 atom stereocenters. The van der Waals surface area contributed by atoms with Crippen LogP contribution in [0.15, 0.2) is 36.8 Å². The number of aromatic carboxylic acids is 1. The van der Waals surface area contributed by atoms with Crippen LogP contribution in [0.2, 0.25) is 10.2 Å². The molecule has 3 N–H and O–H groups in total. The first-order valence-corrected chi connectivity index (χ1v) is 10.9. The molecule has 0 spiro atoms. The number of rotatable bonds is 6. The molecule has 0 aliphatic heterocycles. The number of ether oxygens (including phenoxy) is 1. The van der Waals surface area contributed by atoms with E-state index in [9.17, 15) is 9.90 Å². The highest BCUT2D eigenvalue weighted by molar-refractivity contribution is 6.33. The van der Waals surface area contributed by atoms with Crippen LogP contribution in [0.5, 0.6) is 5.75 Å². The standard InChI is InChI=1S/C23H21Cl2N5O3/c1-4-33-19-14(11(2)22-29-20(25)18-21(26)27-7-8-30(18)22)9-15(24)12(3)17(19)13-5-6-16(23(31)32)28-10-13/h5-11H,4H2,1-3H3,(H2,26,27)(H,31,32). The minimum Gasteiger partial charge on any atom is -0.493 e. The minimum atomic E-state index is -1.10. The third-order valence-corrected chi connectivity index (χ3v) is 6.14. The minimum absolute atomic E-state index is 0.0466. The molecule has 3 heterocycles. The van der Waals surface area contributed by atoms with Crippen LogP contribution in [0.25, 0.3) is 16.6 Å². The highest BCUT2D eigenvalue weighted by Crippen LogP contribution is 2.44. The predicted octanol–water partition coefficient (Wildman–Crippen LogP) is 5.24. The van der Waals surface area contributed by atoms with Crippen molar-refractivity contribution in [2.45, 2.75) is 26.7 Å². The van der Waals surface area contributed by atoms with Crippen LogP contribution >= 0.6 is 23.2 Å². The van der Waals surface area contributed by atoms with Crippen molar-refractivity contribution < 1.29 is 14.6 Å². The van der Waals surface area contributed by atoms with Crippen molar-refractivity contribution in [1.29, 1.82) is 0 Å². The van der Waals surface area contributed by atoms with Crippen LogP contribution < -0.4 is 10.5 Å². The van der Waals surface area contributed by atoms with Gasteiger partial charge in [0.2, 0.25) is 0 Å². The number of nitrogens with zero attached hydrogens (tertiary/aromatic N) is 4. The lowest BCUT2D eigenvalue weighted by atomic mass is 9.91. The monoisotopic (exact) mass is 485 g/mol. The summed E-state index contributed by atoms with van der Waals surface area (Å²) in [6, 6.07) is 5.00. The van der Waals surface area contributed by atoms with Gasteiger partial charge >= 0.3 is 5.97 Å². The average Bonchev–Trinajstić information content (AvgIpc) is 3.14. The van der Waals surface area contributed by atoms with Gasteiger partial charge in [0, 0.05) is 46.2 Å². The third kappa shape index (κ3) is 3.96. The zero-order valence-corrected chi connectivity index (χ0v) is 19.6. The van der Waals surface area contributed by atoms with E-state index in [1.165, 1.54) is 12.3 Å². The summed E-state index contributed by atoms with van der Waals surface area (Å²) in [5, 5.41) is 9.98. The van der Waals surface area contributed by atoms with Gasteiger partial charge in [-0.3, -0.25) is 4.40 Å². The Labute approximate surface area is 200 Å². The lowest BCUT2D eigenvalue weighted by Crippen LogP contribution is -2.09. The second-order valence-corrected chi connectivity index (χ2v) is 8.23. The van der Waals surface area contributed by atoms with Crippen molar-refractivity contribution in [3.8, 4) is 16.9 Å². The Bertz CT molecular complexity index is 1370. The Balaban J connectivity index is 1.94. The average molecular weight is 486 g/mol. The van der Waals surface area contributed by atoms with Crippen LogP contribution in [-0.4, -0.2) is 37.0 Å². The van der Waals surface area contributed by atoms with Crippen molar-refractivity contribution >= 4 is 40.5 Å². The van der Waals surface area contributed by atoms with Crippen LogP contribution in [0.4, 0.5) is 5.82 Å². The topological polar surface area (TPSA) is 116 Å². The fourth-order valence-corrected chi connectivity index (χ4v) is 4.36. The largest absolute Gasteiger partial charge is 0.493 e. The fraction of sp³-hybridized carbons (Fsp3) is 0.217. The van der Waals surface area contributed by atoms with Crippen LogP contribution in [0, 0.1) is 6.92 Å². The number of nitrogen functional groups attached to an aromatic ring is 1. The molecule has 0 amide bonds. The maximum atomic E-state index is 11.2. The number of benzene rings is 1. The summed E-state index contributed by atoms with van der Waals surface area (Å²) in [5.74, 6) is 0.171. The molecule has 0 aliphatic carbocycles. The zero-order chi connectivity index (χ0) is 23.9. The number of carboxylic acid groups (broad SMARTS) is 1. The Morgan fingerprint density at radius 1 is 1.30 bits per heavy atom. The van der Waals surface area contributed by atoms with Crippen LogP contribution in [-0.2, 0) is 0 Å². The number of fused-ring (bicyclic) bond motifs is 1. The summed E-state index contributed by atoms with van der Waals surface area (Å²) >= 11 is 13.0. The van der Waals surface area contributed by atoms with E-state index in [1.807, 2.05) is 31.2 Å². The maximum absolute atomic E-state index is 11.2. The van der Waals surface area contributed by atoms with Gasteiger partial charge in [0.25, 0.3) is 0 Å². The molecule has 1 aromatic carbocycles. The van der Waals surface area contributed by atoms with Crippen LogP contribution in [0.1, 0.15) is 47.2 Å². The van der Waals surface area contributed by atoms with E-state index in [0.717, 1.165) is 16.7 Å². The second kappa shape index (κ2) is 8.88. The SMILES string of the molecule is CCOc1c(C(C)c2nc(Cl)c3c(N)nccn23)cc(Cl)c(C)c1-c1ccc(C(=O)O)nc1. The number of carboxylic acids is 1. The molecule has 0 radical (unpaired) electrons. The maximum Gasteiger partial charge on any atom is 0.354 e. The van der Waals surface area contributed by atoms with E-state index in [2.05, 4.69) is 15.0 Å². The summed E-state index contributed by atoms with van der Waals surface area (Å²) in [5.41, 5.74) is 9.52. The van der Waals surface area contributed by atoms with Crippen molar-refractivity contribution in [3.63, 3.8) is 0 Å². The van der Waals surface area contributed by atoms with Gasteiger partial charge < -0.3 is 15.6 Å². The molecule has 1 unspecified atom stereocenters. The van der Waals surface area contributed by atoms with E-state index in [0.29, 0.717) is 34.3 Å². The first-order chi connectivity index (χ1) is 15.7. The highest BCUT2D eigenvalue weighted by atomic mass is 35.5. The Morgan fingerprint density at radius 2 is 2.06 bits per heavy atom. The van der Waals surface area contributed by atoms with Gasteiger partial charge in [0.05, 0.1) is 6.61 Å². The molecular formula is C23H21Cl2N5O3. The number of hydrogen-bond donors (Lipinski definition) is 2. The van der Waals surface area contributed by atoms with E-state index < -0.39 is 5.97 Å². The van der Waals surface area contributed by atoms with Crippen molar-refractivity contribution in [3.05, 3.63) is 69.6 Å². The normalized spacial score (nSPS) is 12.2. The lowest BCUT2D eigenvalue weighted by Gasteiger charge is -2.22. The number of aromatic nitrogens is 4. The Kier molecular flexibility index (Phi) is 6.14. The second-order valence-electron chi connectivity index (χ2n) is 7.46. The molecule has 0 saturated carbocycles. The zero-order valence-electron chi connectivity index (χ0n) is 18.1. The number of imidazole rings is 1. The molecule has 0 aliphatic rings. The highest BCUT2D eigenvalue weighted by Gasteiger charge is 2.26. The summed E-state index contributed by atoms with van der Waals surface area (Å²) in [7, 11) is 0. The van der Waals surface area contributed by atoms with Crippen LogP contribution in [0.3, 0.4) is 0 Å². The van der Waals surface area contributed by atoms with Crippen molar-refractivity contribution in [2.75, 3.05) is 12.3 Å². The molecule has 8 nitrogen and oxygen atoms in total. The first-order valence-electron chi connectivity index (χ1n) is 10.2. The number of anilines is 1. The van der Waals surface area contributed by atoms with Gasteiger partial charge in [-0.05, 0) is 31.5 Å². The molecule has 33 heavy (non-hydrogen) atoms. The molecule has 0 saturated heterocycles. The number of nitrogens with two attached hydrogens (primary N) is 1. The van der Waals surface area contributed by atoms with Gasteiger partial charge in [0.15, 0.2) is 11.0 Å². The molecular weight excluding hydrogens is 465 g/mol. The predicted molar refractivity (Wildman–Crippen MR) is 127 cm³/mol. The molecule has 3 aromatic heterocycles. The van der Waals surface area contributed by atoms with Gasteiger partial charge in [-0.2, -0.15) is 0 Å². The van der Waals surface area contributed by atoms with E-state index in [4.69, 9.17) is 33.7 Å². The third-order valence-electron chi connectivity index (χ3n) is 5.49. The molecule has 0 fully saturated rings. The van der Waals surface area contributed by atoms with E-state index >= 15 is 0 Å². The van der Waals surface area contributed by atoms with Crippen molar-refractivity contribution in [1.82, 2.24) is 19.4 Å². The van der Waals surface area contributed by atoms with Gasteiger partial charge in [-0.25, -0.2) is 19.7 Å². The molecule has 170 valence electrons. The fourth-order valence-electron chi connectivity index (χ4n) is 3.87. The molecule has 0 bridgehead atoms. The number of hydrogen-bond acceptors (Lipinski definition) is 6. The Hall–Kier alpha value is -3.36. The first kappa shape index (κ1) is 22.8. The number of halogens is 2. The van der Waals surface area contributed by atoms with E-state index in [-0.39, 0.29) is 22.6 Å². The van der Waals surface area contributed by atoms with Gasteiger partial charge in [-0.15, -0.1) is 0 Å². The van der Waals surface area contributed by atoms with Gasteiger partial charge in [-0.1, -0.05) is 36.2 Å². The number of carbonyl (C=O) groups is 1. The quantitative estimate of drug-likeness (QED) is 0.383. The molecule has 4 rings (SSSR count). The molecule has 4 aromatic rings. The summed E-state index contributed by atoms with van der Waals surface area (Å²) < 4.78 is 7.92. The van der Waals surface area contributed by atoms with Crippen molar-refractivity contribution in [2.24, 2.45) is 0 Å².